The van der Waals surface area contributed by atoms with Crippen LogP contribution in [0.2, 0.25) is 0 Å². The SMILES string of the molecule is Cc1ccc(C23CNCC2C3)c(-c2ccccc2)c1. The summed E-state index contributed by atoms with van der Waals surface area (Å²) in [5.74, 6) is 0.859. The van der Waals surface area contributed by atoms with E-state index >= 15 is 0 Å². The molecule has 0 amide bonds. The molecule has 19 heavy (non-hydrogen) atoms. The zero-order valence-corrected chi connectivity index (χ0v) is 11.3. The highest BCUT2D eigenvalue weighted by Gasteiger charge is 2.58. The van der Waals surface area contributed by atoms with Crippen molar-refractivity contribution >= 4 is 0 Å². The zero-order chi connectivity index (χ0) is 12.9. The second-order valence-corrected chi connectivity index (χ2v) is 6.10. The van der Waals surface area contributed by atoms with E-state index in [1.165, 1.54) is 29.7 Å². The smallest absolute Gasteiger partial charge is 0.0128 e. The summed E-state index contributed by atoms with van der Waals surface area (Å²) in [6.45, 7) is 4.54. The van der Waals surface area contributed by atoms with Crippen molar-refractivity contribution in [2.24, 2.45) is 5.92 Å². The second-order valence-electron chi connectivity index (χ2n) is 6.10. The van der Waals surface area contributed by atoms with Gasteiger partial charge in [0, 0.05) is 12.0 Å². The highest BCUT2D eigenvalue weighted by molar-refractivity contribution is 5.71. The van der Waals surface area contributed by atoms with Crippen molar-refractivity contribution in [1.29, 1.82) is 0 Å². The van der Waals surface area contributed by atoms with Gasteiger partial charge in [-0.3, -0.25) is 0 Å². The Balaban J connectivity index is 1.88. The molecule has 1 aliphatic carbocycles. The lowest BCUT2D eigenvalue weighted by Gasteiger charge is -2.18. The quantitative estimate of drug-likeness (QED) is 0.858. The van der Waals surface area contributed by atoms with Gasteiger partial charge in [0.05, 0.1) is 0 Å². The van der Waals surface area contributed by atoms with Crippen LogP contribution in [0.25, 0.3) is 11.1 Å². The lowest BCUT2D eigenvalue weighted by Crippen LogP contribution is -2.20. The third-order valence-corrected chi connectivity index (χ3v) is 4.86. The van der Waals surface area contributed by atoms with Gasteiger partial charge in [0.2, 0.25) is 0 Å². The first-order chi connectivity index (χ1) is 9.29. The van der Waals surface area contributed by atoms with Gasteiger partial charge in [-0.2, -0.15) is 0 Å². The van der Waals surface area contributed by atoms with Crippen molar-refractivity contribution in [2.45, 2.75) is 18.8 Å². The molecule has 1 nitrogen and oxygen atoms in total. The number of hydrogen-bond donors (Lipinski definition) is 1. The van der Waals surface area contributed by atoms with E-state index in [2.05, 4.69) is 60.8 Å². The molecule has 1 saturated heterocycles. The Labute approximate surface area is 114 Å². The summed E-state index contributed by atoms with van der Waals surface area (Å²) in [6, 6.07) is 17.8. The fourth-order valence-corrected chi connectivity index (χ4v) is 3.71. The standard InChI is InChI=1S/C18H19N/c1-13-7-8-17(18-10-15(18)11-19-12-18)16(9-13)14-5-3-2-4-6-14/h2-9,15,19H,10-12H2,1H3. The molecule has 1 saturated carbocycles. The molecule has 2 aromatic rings. The summed E-state index contributed by atoms with van der Waals surface area (Å²) >= 11 is 0. The van der Waals surface area contributed by atoms with E-state index in [0.29, 0.717) is 5.41 Å². The monoisotopic (exact) mass is 249 g/mol. The molecule has 0 spiro atoms. The zero-order valence-electron chi connectivity index (χ0n) is 11.3. The number of hydrogen-bond acceptors (Lipinski definition) is 1. The predicted molar refractivity (Wildman–Crippen MR) is 79.3 cm³/mol. The Hall–Kier alpha value is -1.60. The molecule has 0 radical (unpaired) electrons. The average Bonchev–Trinajstić information content (AvgIpc) is 3.01. The van der Waals surface area contributed by atoms with Gasteiger partial charge in [-0.05, 0) is 42.5 Å². The minimum atomic E-state index is 0.429. The highest BCUT2D eigenvalue weighted by atomic mass is 15.0. The van der Waals surface area contributed by atoms with Gasteiger partial charge in [-0.1, -0.05) is 54.1 Å². The largest absolute Gasteiger partial charge is 0.316 e. The summed E-state index contributed by atoms with van der Waals surface area (Å²) in [7, 11) is 0. The number of rotatable bonds is 2. The van der Waals surface area contributed by atoms with E-state index in [9.17, 15) is 0 Å². The van der Waals surface area contributed by atoms with Gasteiger partial charge in [-0.15, -0.1) is 0 Å². The second kappa shape index (κ2) is 3.94. The Bertz CT molecular complexity index is 617. The van der Waals surface area contributed by atoms with Gasteiger partial charge in [-0.25, -0.2) is 0 Å². The van der Waals surface area contributed by atoms with Crippen molar-refractivity contribution < 1.29 is 0 Å². The summed E-state index contributed by atoms with van der Waals surface area (Å²) < 4.78 is 0. The van der Waals surface area contributed by atoms with Gasteiger partial charge < -0.3 is 5.32 Å². The molecule has 2 atom stereocenters. The third kappa shape index (κ3) is 1.65. The fraction of sp³-hybridized carbons (Fsp3) is 0.333. The Kier molecular flexibility index (Phi) is 2.33. The fourth-order valence-electron chi connectivity index (χ4n) is 3.71. The topological polar surface area (TPSA) is 12.0 Å². The Morgan fingerprint density at radius 3 is 2.63 bits per heavy atom. The van der Waals surface area contributed by atoms with Gasteiger partial charge in [0.1, 0.15) is 0 Å². The molecule has 1 heterocycles. The maximum Gasteiger partial charge on any atom is 0.0128 e. The first-order valence-corrected chi connectivity index (χ1v) is 7.17. The molecule has 1 N–H and O–H groups in total. The molecular formula is C18H19N. The van der Waals surface area contributed by atoms with Crippen molar-refractivity contribution in [3.8, 4) is 11.1 Å². The minimum Gasteiger partial charge on any atom is -0.316 e. The number of piperidine rings is 1. The van der Waals surface area contributed by atoms with E-state index in [-0.39, 0.29) is 0 Å². The van der Waals surface area contributed by atoms with E-state index in [4.69, 9.17) is 0 Å². The maximum absolute atomic E-state index is 3.55. The van der Waals surface area contributed by atoms with Crippen LogP contribution in [0.5, 0.6) is 0 Å². The van der Waals surface area contributed by atoms with Gasteiger partial charge in [0.25, 0.3) is 0 Å². The average molecular weight is 249 g/mol. The highest BCUT2D eigenvalue weighted by Crippen LogP contribution is 2.58. The van der Waals surface area contributed by atoms with Crippen molar-refractivity contribution in [1.82, 2.24) is 5.32 Å². The summed E-state index contributed by atoms with van der Waals surface area (Å²) in [5, 5.41) is 3.55. The predicted octanol–water partition coefficient (Wildman–Crippen LogP) is 3.52. The molecule has 4 rings (SSSR count). The lowest BCUT2D eigenvalue weighted by molar-refractivity contribution is 0.677. The molecular weight excluding hydrogens is 230 g/mol. The Morgan fingerprint density at radius 2 is 1.95 bits per heavy atom. The van der Waals surface area contributed by atoms with E-state index < -0.39 is 0 Å². The third-order valence-electron chi connectivity index (χ3n) is 4.86. The summed E-state index contributed by atoms with van der Waals surface area (Å²) in [6.07, 6.45) is 1.36. The first-order valence-electron chi connectivity index (χ1n) is 7.17. The molecule has 1 heteroatoms. The molecule has 1 aliphatic heterocycles. The molecule has 96 valence electrons. The van der Waals surface area contributed by atoms with E-state index in [1.807, 2.05) is 0 Å². The summed E-state index contributed by atoms with van der Waals surface area (Å²) in [4.78, 5) is 0. The van der Waals surface area contributed by atoms with Gasteiger partial charge in [0.15, 0.2) is 0 Å². The number of aryl methyl sites for hydroxylation is 1. The first kappa shape index (κ1) is 11.2. The minimum absolute atomic E-state index is 0.429. The maximum atomic E-state index is 3.55. The van der Waals surface area contributed by atoms with Crippen LogP contribution in [-0.4, -0.2) is 13.1 Å². The van der Waals surface area contributed by atoms with Crippen LogP contribution >= 0.6 is 0 Å². The molecule has 2 unspecified atom stereocenters. The van der Waals surface area contributed by atoms with Gasteiger partial charge >= 0.3 is 0 Å². The van der Waals surface area contributed by atoms with Crippen LogP contribution in [0.1, 0.15) is 17.5 Å². The molecule has 2 fully saturated rings. The van der Waals surface area contributed by atoms with Crippen molar-refractivity contribution in [3.05, 3.63) is 59.7 Å². The Morgan fingerprint density at radius 1 is 1.11 bits per heavy atom. The molecule has 2 aromatic carbocycles. The van der Waals surface area contributed by atoms with Crippen LogP contribution in [-0.2, 0) is 5.41 Å². The lowest BCUT2D eigenvalue weighted by atomic mass is 9.86. The number of benzene rings is 2. The van der Waals surface area contributed by atoms with E-state index in [0.717, 1.165) is 12.5 Å². The van der Waals surface area contributed by atoms with Crippen LogP contribution in [0.4, 0.5) is 0 Å². The van der Waals surface area contributed by atoms with Crippen molar-refractivity contribution in [3.63, 3.8) is 0 Å². The van der Waals surface area contributed by atoms with Crippen molar-refractivity contribution in [2.75, 3.05) is 13.1 Å². The number of nitrogens with one attached hydrogen (secondary N) is 1. The molecule has 0 aromatic heterocycles. The normalized spacial score (nSPS) is 28.2. The molecule has 0 bridgehead atoms. The van der Waals surface area contributed by atoms with E-state index in [1.54, 1.807) is 5.56 Å². The number of fused-ring (bicyclic) bond motifs is 1. The van der Waals surface area contributed by atoms with Crippen LogP contribution < -0.4 is 5.32 Å². The van der Waals surface area contributed by atoms with Crippen LogP contribution in [0.15, 0.2) is 48.5 Å². The molecule has 2 aliphatic rings. The van der Waals surface area contributed by atoms with Crippen LogP contribution in [0, 0.1) is 12.8 Å². The van der Waals surface area contributed by atoms with Crippen LogP contribution in [0.3, 0.4) is 0 Å². The summed E-state index contributed by atoms with van der Waals surface area (Å²) in [5.41, 5.74) is 6.13.